The molecule has 0 saturated heterocycles. The molecule has 3 rings (SSSR count). The van der Waals surface area contributed by atoms with Crippen molar-refractivity contribution in [3.05, 3.63) is 65.2 Å². The number of nitrogens with one attached hydrogen (secondary N) is 1. The van der Waals surface area contributed by atoms with Crippen molar-refractivity contribution in [2.24, 2.45) is 0 Å². The molecular formula is C18H19NO2. The van der Waals surface area contributed by atoms with Crippen LogP contribution in [0.25, 0.3) is 0 Å². The molecular weight excluding hydrogens is 262 g/mol. The molecule has 0 aliphatic carbocycles. The number of hydrogen-bond donors (Lipinski definition) is 1. The molecule has 1 unspecified atom stereocenters. The summed E-state index contributed by atoms with van der Waals surface area (Å²) in [7, 11) is 0. The van der Waals surface area contributed by atoms with Gasteiger partial charge in [-0.15, -0.1) is 0 Å². The first-order valence-corrected chi connectivity index (χ1v) is 7.29. The Morgan fingerprint density at radius 3 is 2.81 bits per heavy atom. The standard InChI is InChI=1S/C18H19NO2/c1-13-6-2-3-7-14(13)12-18(20)19-16-10-11-21-17-9-5-4-8-15(16)17/h2-9,16H,10-12H2,1H3,(H,19,20). The van der Waals surface area contributed by atoms with Crippen LogP contribution >= 0.6 is 0 Å². The number of carbonyl (C=O) groups excluding carboxylic acids is 1. The smallest absolute Gasteiger partial charge is 0.224 e. The number of ether oxygens (including phenoxy) is 1. The molecule has 3 nitrogen and oxygen atoms in total. The van der Waals surface area contributed by atoms with E-state index in [4.69, 9.17) is 4.74 Å². The van der Waals surface area contributed by atoms with Crippen LogP contribution in [0.1, 0.15) is 29.2 Å². The highest BCUT2D eigenvalue weighted by molar-refractivity contribution is 5.79. The van der Waals surface area contributed by atoms with E-state index in [9.17, 15) is 4.79 Å². The normalized spacial score (nSPS) is 16.7. The predicted octanol–water partition coefficient (Wildman–Crippen LogP) is 3.18. The summed E-state index contributed by atoms with van der Waals surface area (Å²) in [5.41, 5.74) is 3.30. The Morgan fingerprint density at radius 2 is 1.95 bits per heavy atom. The van der Waals surface area contributed by atoms with Gasteiger partial charge in [-0.2, -0.15) is 0 Å². The molecule has 108 valence electrons. The Hall–Kier alpha value is -2.29. The van der Waals surface area contributed by atoms with Crippen molar-refractivity contribution in [2.75, 3.05) is 6.61 Å². The highest BCUT2D eigenvalue weighted by Gasteiger charge is 2.22. The topological polar surface area (TPSA) is 38.3 Å². The fourth-order valence-corrected chi connectivity index (χ4v) is 2.72. The maximum Gasteiger partial charge on any atom is 0.224 e. The third kappa shape index (κ3) is 3.07. The van der Waals surface area contributed by atoms with Crippen LogP contribution in [0.4, 0.5) is 0 Å². The fourth-order valence-electron chi connectivity index (χ4n) is 2.72. The summed E-state index contributed by atoms with van der Waals surface area (Å²) < 4.78 is 5.62. The predicted molar refractivity (Wildman–Crippen MR) is 82.3 cm³/mol. The lowest BCUT2D eigenvalue weighted by Gasteiger charge is -2.26. The van der Waals surface area contributed by atoms with E-state index in [1.54, 1.807) is 0 Å². The van der Waals surface area contributed by atoms with E-state index in [1.807, 2.05) is 55.5 Å². The van der Waals surface area contributed by atoms with Crippen molar-refractivity contribution in [2.45, 2.75) is 25.8 Å². The number of benzene rings is 2. The van der Waals surface area contributed by atoms with Gasteiger partial charge in [-0.05, 0) is 24.1 Å². The second-order valence-corrected chi connectivity index (χ2v) is 5.40. The highest BCUT2D eigenvalue weighted by Crippen LogP contribution is 2.31. The van der Waals surface area contributed by atoms with Crippen LogP contribution in [0, 0.1) is 6.92 Å². The maximum atomic E-state index is 12.3. The number of rotatable bonds is 3. The van der Waals surface area contributed by atoms with E-state index in [2.05, 4.69) is 5.32 Å². The van der Waals surface area contributed by atoms with E-state index in [0.717, 1.165) is 28.9 Å². The van der Waals surface area contributed by atoms with Gasteiger partial charge in [0.1, 0.15) is 5.75 Å². The lowest BCUT2D eigenvalue weighted by atomic mass is 9.99. The van der Waals surface area contributed by atoms with Crippen LogP contribution in [0.3, 0.4) is 0 Å². The molecule has 21 heavy (non-hydrogen) atoms. The van der Waals surface area contributed by atoms with Crippen LogP contribution in [0.15, 0.2) is 48.5 Å². The second-order valence-electron chi connectivity index (χ2n) is 5.40. The van der Waals surface area contributed by atoms with Gasteiger partial charge in [0, 0.05) is 12.0 Å². The molecule has 0 radical (unpaired) electrons. The third-order valence-electron chi connectivity index (χ3n) is 3.91. The first-order valence-electron chi connectivity index (χ1n) is 7.29. The zero-order valence-corrected chi connectivity index (χ0v) is 12.1. The minimum atomic E-state index is 0.0477. The summed E-state index contributed by atoms with van der Waals surface area (Å²) in [6.07, 6.45) is 1.24. The largest absolute Gasteiger partial charge is 0.493 e. The van der Waals surface area contributed by atoms with Crippen molar-refractivity contribution in [3.8, 4) is 5.75 Å². The Balaban J connectivity index is 1.70. The van der Waals surface area contributed by atoms with Crippen molar-refractivity contribution >= 4 is 5.91 Å². The number of para-hydroxylation sites is 1. The molecule has 0 spiro atoms. The van der Waals surface area contributed by atoms with Crippen LogP contribution in [0.5, 0.6) is 5.75 Å². The average Bonchev–Trinajstić information content (AvgIpc) is 2.50. The van der Waals surface area contributed by atoms with Gasteiger partial charge in [0.05, 0.1) is 19.1 Å². The highest BCUT2D eigenvalue weighted by atomic mass is 16.5. The van der Waals surface area contributed by atoms with Gasteiger partial charge < -0.3 is 10.1 Å². The molecule has 2 aromatic rings. The molecule has 1 amide bonds. The van der Waals surface area contributed by atoms with Crippen molar-refractivity contribution in [1.82, 2.24) is 5.32 Å². The summed E-state index contributed by atoms with van der Waals surface area (Å²) in [6.45, 7) is 2.68. The lowest BCUT2D eigenvalue weighted by molar-refractivity contribution is -0.121. The molecule has 1 atom stereocenters. The van der Waals surface area contributed by atoms with Crippen LogP contribution in [-0.2, 0) is 11.2 Å². The molecule has 2 aromatic carbocycles. The minimum Gasteiger partial charge on any atom is -0.493 e. The number of aryl methyl sites for hydroxylation is 1. The summed E-state index contributed by atoms with van der Waals surface area (Å²) in [4.78, 5) is 12.3. The van der Waals surface area contributed by atoms with Crippen molar-refractivity contribution < 1.29 is 9.53 Å². The number of carbonyl (C=O) groups is 1. The molecule has 1 heterocycles. The Bertz CT molecular complexity index is 651. The van der Waals surface area contributed by atoms with Crippen molar-refractivity contribution in [1.29, 1.82) is 0 Å². The zero-order chi connectivity index (χ0) is 14.7. The molecule has 0 saturated carbocycles. The van der Waals surface area contributed by atoms with Gasteiger partial charge in [-0.25, -0.2) is 0 Å². The van der Waals surface area contributed by atoms with Crippen LogP contribution < -0.4 is 10.1 Å². The molecule has 1 aliphatic heterocycles. The summed E-state index contributed by atoms with van der Waals surface area (Å²) in [5, 5.41) is 3.13. The first-order chi connectivity index (χ1) is 10.2. The Morgan fingerprint density at radius 1 is 1.19 bits per heavy atom. The van der Waals surface area contributed by atoms with E-state index >= 15 is 0 Å². The minimum absolute atomic E-state index is 0.0477. The first kappa shape index (κ1) is 13.7. The van der Waals surface area contributed by atoms with Gasteiger partial charge >= 0.3 is 0 Å². The van der Waals surface area contributed by atoms with Gasteiger partial charge in [-0.1, -0.05) is 42.5 Å². The number of fused-ring (bicyclic) bond motifs is 1. The van der Waals surface area contributed by atoms with Gasteiger partial charge in [0.25, 0.3) is 0 Å². The second kappa shape index (κ2) is 6.00. The molecule has 0 aromatic heterocycles. The van der Waals surface area contributed by atoms with Gasteiger partial charge in [0.15, 0.2) is 0 Å². The van der Waals surface area contributed by atoms with E-state index < -0.39 is 0 Å². The third-order valence-corrected chi connectivity index (χ3v) is 3.91. The Labute approximate surface area is 124 Å². The van der Waals surface area contributed by atoms with Gasteiger partial charge in [-0.3, -0.25) is 4.79 Å². The quantitative estimate of drug-likeness (QED) is 0.938. The fraction of sp³-hybridized carbons (Fsp3) is 0.278. The summed E-state index contributed by atoms with van der Waals surface area (Å²) in [5.74, 6) is 0.941. The maximum absolute atomic E-state index is 12.3. The number of hydrogen-bond acceptors (Lipinski definition) is 2. The number of amides is 1. The van der Waals surface area contributed by atoms with E-state index in [-0.39, 0.29) is 11.9 Å². The summed E-state index contributed by atoms with van der Waals surface area (Å²) in [6, 6.07) is 16.0. The lowest BCUT2D eigenvalue weighted by Crippen LogP contribution is -2.33. The Kier molecular flexibility index (Phi) is 3.91. The summed E-state index contributed by atoms with van der Waals surface area (Å²) >= 11 is 0. The molecule has 3 heteroatoms. The van der Waals surface area contributed by atoms with E-state index in [0.29, 0.717) is 13.0 Å². The average molecular weight is 281 g/mol. The molecule has 1 N–H and O–H groups in total. The SMILES string of the molecule is Cc1ccccc1CC(=O)NC1CCOc2ccccc21. The molecule has 0 fully saturated rings. The van der Waals surface area contributed by atoms with Gasteiger partial charge in [0.2, 0.25) is 5.91 Å². The van der Waals surface area contributed by atoms with Crippen molar-refractivity contribution in [3.63, 3.8) is 0 Å². The molecule has 0 bridgehead atoms. The zero-order valence-electron chi connectivity index (χ0n) is 12.1. The monoisotopic (exact) mass is 281 g/mol. The molecule has 1 aliphatic rings. The van der Waals surface area contributed by atoms with Crippen LogP contribution in [-0.4, -0.2) is 12.5 Å². The van der Waals surface area contributed by atoms with E-state index in [1.165, 1.54) is 0 Å². The van der Waals surface area contributed by atoms with Crippen LogP contribution in [0.2, 0.25) is 0 Å².